The molecule has 2 aromatic rings. The van der Waals surface area contributed by atoms with Crippen molar-refractivity contribution in [2.75, 3.05) is 13.7 Å². The van der Waals surface area contributed by atoms with Gasteiger partial charge >= 0.3 is 151 Å². The summed E-state index contributed by atoms with van der Waals surface area (Å²) >= 11 is 0.581. The summed E-state index contributed by atoms with van der Waals surface area (Å²) in [4.78, 5) is 61.9. The first-order valence-corrected chi connectivity index (χ1v) is 12.7. The Bertz CT molecular complexity index is 1020. The van der Waals surface area contributed by atoms with Gasteiger partial charge in [0, 0.05) is 14.1 Å². The number of imide groups is 1. The maximum atomic E-state index is 11.4. The zero-order valence-corrected chi connectivity index (χ0v) is 25.9. The van der Waals surface area contributed by atoms with Gasteiger partial charge in [-0.05, 0) is 0 Å². The summed E-state index contributed by atoms with van der Waals surface area (Å²) in [6.07, 6.45) is 0.881. The minimum absolute atomic E-state index is 0. The molecule has 2 rings (SSSR count). The number of nitrogens with one attached hydrogen (secondary N) is 3. The molecule has 2 heterocycles. The van der Waals surface area contributed by atoms with E-state index in [2.05, 4.69) is 15.3 Å². The van der Waals surface area contributed by atoms with Crippen LogP contribution in [0.3, 0.4) is 0 Å². The van der Waals surface area contributed by atoms with Gasteiger partial charge in [0.1, 0.15) is 5.52 Å². The van der Waals surface area contributed by atoms with Crippen LogP contribution in [0.4, 0.5) is 4.79 Å². The quantitative estimate of drug-likeness (QED) is 0.212. The fourth-order valence-corrected chi connectivity index (χ4v) is 3.94. The first-order valence-electron chi connectivity index (χ1n) is 8.82. The van der Waals surface area contributed by atoms with Crippen molar-refractivity contribution >= 4 is 29.1 Å². The van der Waals surface area contributed by atoms with Crippen molar-refractivity contribution < 1.29 is 86.8 Å². The molecule has 0 bridgehead atoms. The molecule has 2 aromatic heterocycles. The van der Waals surface area contributed by atoms with E-state index in [-0.39, 0.29) is 66.7 Å². The maximum absolute atomic E-state index is 11.4. The van der Waals surface area contributed by atoms with Crippen LogP contribution < -0.4 is 51.4 Å². The molecular weight excluding hydrogens is 628 g/mol. The Kier molecular flexibility index (Phi) is 16.4. The number of carboxylic acids is 1. The molecule has 6 N–H and O–H groups in total. The van der Waals surface area contributed by atoms with E-state index < -0.39 is 17.9 Å². The summed E-state index contributed by atoms with van der Waals surface area (Å²) < 4.78 is 8.38. The number of aryl methyl sites for hydroxylation is 1. The third-order valence-corrected chi connectivity index (χ3v) is 6.50. The SMILES string of the molecule is COC([CH2][Hg])CNC(=O)NC(=O)CCC(=O)O.Cn1c(=O)c2[nH]cnc2n(C)c1=O.O.[H-].[Na+]. The van der Waals surface area contributed by atoms with Crippen LogP contribution in [-0.4, -0.2) is 67.4 Å². The average molecular weight is 654 g/mol. The molecule has 14 nitrogen and oxygen atoms in total. The van der Waals surface area contributed by atoms with Crippen LogP contribution in [0.1, 0.15) is 14.3 Å². The fraction of sp³-hybridized carbons (Fsp3) is 0.500. The number of nitrogens with zero attached hydrogens (tertiary/aromatic N) is 3. The van der Waals surface area contributed by atoms with Gasteiger partial charge in [0.2, 0.25) is 0 Å². The van der Waals surface area contributed by atoms with Gasteiger partial charge in [-0.25, -0.2) is 9.78 Å². The molecule has 0 saturated heterocycles. The number of carbonyl (C=O) groups is 3. The number of fused-ring (bicyclic) bond motifs is 1. The first-order chi connectivity index (χ1) is 14.1. The maximum Gasteiger partial charge on any atom is 1.00 e. The monoisotopic (exact) mass is 655 g/mol. The predicted octanol–water partition coefficient (Wildman–Crippen LogP) is -5.09. The van der Waals surface area contributed by atoms with Gasteiger partial charge in [-0.2, -0.15) is 0 Å². The smallest absolute Gasteiger partial charge is 1.00 e. The largest absolute Gasteiger partial charge is 1.00 e. The molecular formula is C16H26HgN6NaO8. The number of H-pyrrole nitrogens is 1. The predicted molar refractivity (Wildman–Crippen MR) is 105 cm³/mol. The van der Waals surface area contributed by atoms with Crippen LogP contribution >= 0.6 is 0 Å². The number of hydrogen-bond acceptors (Lipinski definition) is 7. The third-order valence-electron chi connectivity index (χ3n) is 3.99. The molecule has 0 fully saturated rings. The number of hydrogen-bond donors (Lipinski definition) is 4. The Balaban J connectivity index is -0.000000510. The normalized spacial score (nSPS) is 10.7. The molecule has 0 aliphatic carbocycles. The van der Waals surface area contributed by atoms with Crippen LogP contribution in [0.2, 0.25) is 3.93 Å². The van der Waals surface area contributed by atoms with Gasteiger partial charge < -0.3 is 11.9 Å². The Morgan fingerprint density at radius 3 is 2.44 bits per heavy atom. The van der Waals surface area contributed by atoms with Crippen LogP contribution in [0.5, 0.6) is 0 Å². The van der Waals surface area contributed by atoms with Crippen LogP contribution in [-0.2, 0) is 54.5 Å². The number of carbonyl (C=O) groups excluding carboxylic acids is 2. The van der Waals surface area contributed by atoms with Gasteiger partial charge in [0.25, 0.3) is 5.56 Å². The van der Waals surface area contributed by atoms with E-state index in [0.29, 0.717) is 43.8 Å². The Labute approximate surface area is 222 Å². The number of aromatic amines is 1. The minimum atomic E-state index is -1.07. The van der Waals surface area contributed by atoms with E-state index in [1.807, 2.05) is 5.32 Å². The topological polar surface area (TPSA) is 209 Å². The average Bonchev–Trinajstić information content (AvgIpc) is 3.20. The molecule has 3 amide bonds. The summed E-state index contributed by atoms with van der Waals surface area (Å²) in [6.45, 7) is 0.345. The Morgan fingerprint density at radius 2 is 1.91 bits per heavy atom. The fourth-order valence-electron chi connectivity index (χ4n) is 2.23. The van der Waals surface area contributed by atoms with Crippen molar-refractivity contribution in [3.05, 3.63) is 27.2 Å². The molecule has 0 aliphatic rings. The summed E-state index contributed by atoms with van der Waals surface area (Å²) in [7, 11) is 4.57. The second-order valence-electron chi connectivity index (χ2n) is 6.11. The molecule has 0 aliphatic heterocycles. The van der Waals surface area contributed by atoms with E-state index in [0.717, 1.165) is 8.50 Å². The molecule has 0 aromatic carbocycles. The van der Waals surface area contributed by atoms with Gasteiger partial charge in [0.05, 0.1) is 6.33 Å². The Morgan fingerprint density at radius 1 is 1.28 bits per heavy atom. The number of imidazole rings is 1. The standard InChI is InChI=1S/C9H15N2O5.C7H8N4O2.Hg.Na.H2O.H/c1-6(16-2)5-10-9(15)11-7(12)3-4-8(13)14;1-10-5-4(8-3-9-5)6(12)11(2)7(10)13;;;;/h6H,1,3-5H2,2H3,(H,13,14)(H2,10,11,12,15);3H,1-2H3,(H,8,9);;;1H2;/q;;;+1;;-1. The van der Waals surface area contributed by atoms with Crippen molar-refractivity contribution in [1.82, 2.24) is 29.7 Å². The number of aliphatic carboxylic acids is 1. The second kappa shape index (κ2) is 16.1. The van der Waals surface area contributed by atoms with Crippen molar-refractivity contribution in [3.63, 3.8) is 0 Å². The van der Waals surface area contributed by atoms with Crippen LogP contribution in [0.25, 0.3) is 11.2 Å². The number of aromatic nitrogens is 4. The summed E-state index contributed by atoms with van der Waals surface area (Å²) in [5.41, 5.74) is 0.0119. The Hall–Kier alpha value is -1.58. The number of urea groups is 1. The van der Waals surface area contributed by atoms with Crippen LogP contribution in [0, 0.1) is 0 Å². The van der Waals surface area contributed by atoms with E-state index in [4.69, 9.17) is 9.84 Å². The van der Waals surface area contributed by atoms with Crippen molar-refractivity contribution in [2.24, 2.45) is 14.1 Å². The van der Waals surface area contributed by atoms with Gasteiger partial charge in [-0.3, -0.25) is 13.9 Å². The number of methoxy groups -OCH3 is 1. The third kappa shape index (κ3) is 9.91. The zero-order chi connectivity index (χ0) is 22.8. The molecule has 1 unspecified atom stereocenters. The van der Waals surface area contributed by atoms with E-state index >= 15 is 0 Å². The molecule has 171 valence electrons. The van der Waals surface area contributed by atoms with Gasteiger partial charge in [-0.15, -0.1) is 0 Å². The number of ether oxygens (including phenoxy) is 1. The van der Waals surface area contributed by atoms with E-state index in [9.17, 15) is 24.0 Å². The minimum Gasteiger partial charge on any atom is -1.00 e. The van der Waals surface area contributed by atoms with E-state index in [1.165, 1.54) is 17.9 Å². The second-order valence-corrected chi connectivity index (χ2v) is 8.35. The molecule has 1 atom stereocenters. The van der Waals surface area contributed by atoms with Crippen LogP contribution in [0.15, 0.2) is 15.9 Å². The molecule has 0 saturated carbocycles. The number of carboxylic acid groups (broad SMARTS) is 1. The van der Waals surface area contributed by atoms with Crippen molar-refractivity contribution in [2.45, 2.75) is 22.9 Å². The summed E-state index contributed by atoms with van der Waals surface area (Å²) in [5.74, 6) is -1.67. The summed E-state index contributed by atoms with van der Waals surface area (Å²) in [5, 5.41) is 12.9. The number of rotatable bonds is 7. The molecule has 0 radical (unpaired) electrons. The first kappa shape index (κ1) is 32.6. The number of amides is 3. The van der Waals surface area contributed by atoms with Crippen molar-refractivity contribution in [3.8, 4) is 0 Å². The zero-order valence-electron chi connectivity index (χ0n) is 19.4. The van der Waals surface area contributed by atoms with Gasteiger partial charge in [-0.1, -0.05) is 0 Å². The van der Waals surface area contributed by atoms with Crippen molar-refractivity contribution in [1.29, 1.82) is 0 Å². The molecule has 32 heavy (non-hydrogen) atoms. The van der Waals surface area contributed by atoms with Gasteiger partial charge in [0.15, 0.2) is 5.65 Å². The molecule has 0 spiro atoms. The van der Waals surface area contributed by atoms with E-state index in [1.54, 1.807) is 14.2 Å². The molecule has 16 heteroatoms. The summed E-state index contributed by atoms with van der Waals surface area (Å²) in [6, 6.07) is -0.621.